The van der Waals surface area contributed by atoms with Crippen LogP contribution in [0.4, 0.5) is 0 Å². The van der Waals surface area contributed by atoms with E-state index in [4.69, 9.17) is 5.11 Å². The summed E-state index contributed by atoms with van der Waals surface area (Å²) in [4.78, 5) is 23.9. The molecule has 5 nitrogen and oxygen atoms in total. The third kappa shape index (κ3) is 3.48. The third-order valence-corrected chi connectivity index (χ3v) is 3.06. The van der Waals surface area contributed by atoms with Gasteiger partial charge in [-0.25, -0.2) is 0 Å². The van der Waals surface area contributed by atoms with E-state index in [0.29, 0.717) is 25.6 Å². The summed E-state index contributed by atoms with van der Waals surface area (Å²) in [6.07, 6.45) is 0. The van der Waals surface area contributed by atoms with E-state index in [1.165, 1.54) is 0 Å². The van der Waals surface area contributed by atoms with Crippen LogP contribution in [0.15, 0.2) is 0 Å². The number of nitrogens with one attached hydrogen (secondary N) is 1. The van der Waals surface area contributed by atoms with Gasteiger partial charge in [-0.2, -0.15) is 0 Å². The zero-order valence-electron chi connectivity index (χ0n) is 10.1. The maximum atomic E-state index is 11.5. The van der Waals surface area contributed by atoms with Crippen LogP contribution in [0.1, 0.15) is 20.8 Å². The van der Waals surface area contributed by atoms with Gasteiger partial charge in [-0.05, 0) is 12.8 Å². The molecule has 1 unspecified atom stereocenters. The Hall–Kier alpha value is -1.10. The summed E-state index contributed by atoms with van der Waals surface area (Å²) in [5.41, 5.74) is 0. The molecule has 1 heterocycles. The second-order valence-electron chi connectivity index (χ2n) is 4.83. The molecule has 5 heteroatoms. The van der Waals surface area contributed by atoms with E-state index < -0.39 is 5.97 Å². The molecule has 1 aliphatic heterocycles. The fourth-order valence-corrected chi connectivity index (χ4v) is 1.52. The molecule has 0 aromatic heterocycles. The van der Waals surface area contributed by atoms with Crippen LogP contribution in [0, 0.1) is 11.8 Å². The number of hydrogen-bond donors (Lipinski definition) is 2. The van der Waals surface area contributed by atoms with E-state index >= 15 is 0 Å². The summed E-state index contributed by atoms with van der Waals surface area (Å²) in [5.74, 6) is -0.681. The van der Waals surface area contributed by atoms with Crippen LogP contribution in [0.5, 0.6) is 0 Å². The van der Waals surface area contributed by atoms with E-state index in [9.17, 15) is 9.59 Å². The van der Waals surface area contributed by atoms with E-state index in [1.54, 1.807) is 0 Å². The fraction of sp³-hybridized carbons (Fsp3) is 0.818. The highest BCUT2D eigenvalue weighted by Gasteiger charge is 2.33. The van der Waals surface area contributed by atoms with E-state index in [-0.39, 0.29) is 17.9 Å². The second kappa shape index (κ2) is 5.30. The molecule has 92 valence electrons. The molecule has 1 amide bonds. The summed E-state index contributed by atoms with van der Waals surface area (Å²) in [6, 6.07) is 0.157. The van der Waals surface area contributed by atoms with Crippen molar-refractivity contribution in [2.24, 2.45) is 11.8 Å². The molecule has 0 aromatic rings. The van der Waals surface area contributed by atoms with Crippen molar-refractivity contribution in [2.75, 3.05) is 19.6 Å². The number of carboxylic acid groups (broad SMARTS) is 1. The lowest BCUT2D eigenvalue weighted by Gasteiger charge is -2.36. The summed E-state index contributed by atoms with van der Waals surface area (Å²) in [6.45, 7) is 7.35. The second-order valence-corrected chi connectivity index (χ2v) is 4.83. The Kier molecular flexibility index (Phi) is 4.29. The lowest BCUT2D eigenvalue weighted by Crippen LogP contribution is -2.54. The van der Waals surface area contributed by atoms with Crippen LogP contribution < -0.4 is 5.32 Å². The van der Waals surface area contributed by atoms with Gasteiger partial charge in [0.2, 0.25) is 5.91 Å². The predicted molar refractivity (Wildman–Crippen MR) is 60.0 cm³/mol. The quantitative estimate of drug-likeness (QED) is 0.703. The molecule has 1 rings (SSSR count). The lowest BCUT2D eigenvalue weighted by atomic mass is 10.0. The first kappa shape index (κ1) is 13.0. The summed E-state index contributed by atoms with van der Waals surface area (Å²) < 4.78 is 0. The number of nitrogens with zero attached hydrogens (tertiary/aromatic N) is 1. The molecule has 16 heavy (non-hydrogen) atoms. The fourth-order valence-electron chi connectivity index (χ4n) is 1.52. The molecule has 0 aromatic carbocycles. The molecule has 1 saturated heterocycles. The monoisotopic (exact) mass is 228 g/mol. The van der Waals surface area contributed by atoms with Crippen LogP contribution in [0.2, 0.25) is 0 Å². The lowest BCUT2D eigenvalue weighted by molar-refractivity contribution is -0.148. The number of rotatable bonds is 5. The van der Waals surface area contributed by atoms with Crippen LogP contribution in [0.25, 0.3) is 0 Å². The number of hydrogen-bond acceptors (Lipinski definition) is 3. The molecule has 1 aliphatic rings. The first-order chi connectivity index (χ1) is 7.40. The number of likely N-dealkylation sites (tertiary alicyclic amines) is 1. The third-order valence-electron chi connectivity index (χ3n) is 3.06. The number of carboxylic acids is 1. The highest BCUT2D eigenvalue weighted by molar-refractivity contribution is 5.79. The Morgan fingerprint density at radius 1 is 1.38 bits per heavy atom. The molecule has 1 atom stereocenters. The Labute approximate surface area is 95.8 Å². The molecule has 2 N–H and O–H groups in total. The first-order valence-electron chi connectivity index (χ1n) is 5.64. The minimum absolute atomic E-state index is 0.0231. The standard InChI is InChI=1S/C11H20N2O3/c1-7(2)8(3)12-10(14)6-13-4-9(5-13)11(15)16/h7-9H,4-6H2,1-3H3,(H,12,14)(H,15,16). The van der Waals surface area contributed by atoms with E-state index in [1.807, 2.05) is 11.8 Å². The number of aliphatic carboxylic acids is 1. The van der Waals surface area contributed by atoms with Crippen LogP contribution in [-0.2, 0) is 9.59 Å². The van der Waals surface area contributed by atoms with Gasteiger partial charge in [-0.3, -0.25) is 14.5 Å². The van der Waals surface area contributed by atoms with Gasteiger partial charge >= 0.3 is 5.97 Å². The predicted octanol–water partition coefficient (Wildman–Crippen LogP) is 0.164. The Morgan fingerprint density at radius 2 is 1.94 bits per heavy atom. The average Bonchev–Trinajstić information content (AvgIpc) is 2.09. The van der Waals surface area contributed by atoms with E-state index in [0.717, 1.165) is 0 Å². The maximum absolute atomic E-state index is 11.5. The van der Waals surface area contributed by atoms with Crippen LogP contribution in [-0.4, -0.2) is 47.6 Å². The zero-order chi connectivity index (χ0) is 12.3. The minimum atomic E-state index is -0.771. The van der Waals surface area contributed by atoms with Crippen molar-refractivity contribution in [3.05, 3.63) is 0 Å². The Morgan fingerprint density at radius 3 is 2.38 bits per heavy atom. The molecule has 0 spiro atoms. The van der Waals surface area contributed by atoms with Crippen molar-refractivity contribution in [1.82, 2.24) is 10.2 Å². The molecule has 1 fully saturated rings. The molecule has 0 aliphatic carbocycles. The van der Waals surface area contributed by atoms with Gasteiger partial charge in [0, 0.05) is 19.1 Å². The largest absolute Gasteiger partial charge is 0.481 e. The highest BCUT2D eigenvalue weighted by Crippen LogP contribution is 2.14. The van der Waals surface area contributed by atoms with Crippen molar-refractivity contribution in [2.45, 2.75) is 26.8 Å². The van der Waals surface area contributed by atoms with Crippen molar-refractivity contribution in [3.8, 4) is 0 Å². The number of amides is 1. The molecule has 0 radical (unpaired) electrons. The first-order valence-corrected chi connectivity index (χ1v) is 5.64. The maximum Gasteiger partial charge on any atom is 0.309 e. The Bertz CT molecular complexity index is 272. The summed E-state index contributed by atoms with van der Waals surface area (Å²) >= 11 is 0. The minimum Gasteiger partial charge on any atom is -0.481 e. The molecule has 0 saturated carbocycles. The van der Waals surface area contributed by atoms with Crippen molar-refractivity contribution >= 4 is 11.9 Å². The van der Waals surface area contributed by atoms with Crippen molar-refractivity contribution in [1.29, 1.82) is 0 Å². The van der Waals surface area contributed by atoms with Crippen LogP contribution in [0.3, 0.4) is 0 Å². The van der Waals surface area contributed by atoms with Gasteiger partial charge in [0.15, 0.2) is 0 Å². The van der Waals surface area contributed by atoms with Gasteiger partial charge in [-0.1, -0.05) is 13.8 Å². The topological polar surface area (TPSA) is 69.6 Å². The zero-order valence-corrected chi connectivity index (χ0v) is 10.1. The van der Waals surface area contributed by atoms with Crippen molar-refractivity contribution in [3.63, 3.8) is 0 Å². The van der Waals surface area contributed by atoms with Crippen molar-refractivity contribution < 1.29 is 14.7 Å². The highest BCUT2D eigenvalue weighted by atomic mass is 16.4. The smallest absolute Gasteiger partial charge is 0.309 e. The average molecular weight is 228 g/mol. The summed E-state index contributed by atoms with van der Waals surface area (Å²) in [7, 11) is 0. The Balaban J connectivity index is 2.20. The number of carbonyl (C=O) groups excluding carboxylic acids is 1. The SMILES string of the molecule is CC(C)C(C)NC(=O)CN1CC(C(=O)O)C1. The van der Waals surface area contributed by atoms with E-state index in [2.05, 4.69) is 19.2 Å². The van der Waals surface area contributed by atoms with Gasteiger partial charge in [0.1, 0.15) is 0 Å². The van der Waals surface area contributed by atoms with Gasteiger partial charge in [-0.15, -0.1) is 0 Å². The molecular weight excluding hydrogens is 208 g/mol. The van der Waals surface area contributed by atoms with Gasteiger partial charge < -0.3 is 10.4 Å². The van der Waals surface area contributed by atoms with Gasteiger partial charge in [0.05, 0.1) is 12.5 Å². The summed E-state index contributed by atoms with van der Waals surface area (Å²) in [5, 5.41) is 11.6. The molecule has 0 bridgehead atoms. The van der Waals surface area contributed by atoms with Gasteiger partial charge in [0.25, 0.3) is 0 Å². The molecular formula is C11H20N2O3. The number of carbonyl (C=O) groups is 2. The normalized spacial score (nSPS) is 19.2. The van der Waals surface area contributed by atoms with Crippen LogP contribution >= 0.6 is 0 Å².